The highest BCUT2D eigenvalue weighted by molar-refractivity contribution is 7.37. The number of hydrogen-bond acceptors (Lipinski definition) is 4. The molecule has 0 spiro atoms. The van der Waals surface area contributed by atoms with Crippen LogP contribution >= 0.6 is 8.18 Å². The molecule has 1 unspecified atom stereocenters. The van der Waals surface area contributed by atoms with Gasteiger partial charge in [-0.2, -0.15) is 8.78 Å². The summed E-state index contributed by atoms with van der Waals surface area (Å²) in [6.07, 6.45) is 0.133. The van der Waals surface area contributed by atoms with Crippen LogP contribution in [0, 0.1) is 35.0 Å². The average molecular weight is 374 g/mol. The van der Waals surface area contributed by atoms with Gasteiger partial charge in [-0.15, -0.1) is 0 Å². The molecule has 5 nitrogen and oxygen atoms in total. The molecule has 0 saturated carbocycles. The van der Waals surface area contributed by atoms with Crippen LogP contribution < -0.4 is 9.61 Å². The van der Waals surface area contributed by atoms with Gasteiger partial charge >= 0.3 is 14.1 Å². The Morgan fingerprint density at radius 1 is 1.04 bits per heavy atom. The summed E-state index contributed by atoms with van der Waals surface area (Å²) in [5.74, 6) is -14.0. The molecule has 1 rings (SSSR count). The van der Waals surface area contributed by atoms with Crippen LogP contribution in [0.15, 0.2) is 0 Å². The summed E-state index contributed by atoms with van der Waals surface area (Å²) < 4.78 is 86.4. The fraction of sp³-hybridized carbons (Fsp3) is 0.462. The number of carbonyl (C=O) groups is 1. The average Bonchev–Trinajstić information content (AvgIpc) is 2.53. The van der Waals surface area contributed by atoms with Crippen LogP contribution in [-0.4, -0.2) is 19.1 Å². The summed E-state index contributed by atoms with van der Waals surface area (Å²) >= 11 is 0. The van der Waals surface area contributed by atoms with Gasteiger partial charge in [0.05, 0.1) is 7.11 Å². The predicted octanol–water partition coefficient (Wildman–Crippen LogP) is 3.60. The predicted molar refractivity (Wildman–Crippen MR) is 72.9 cm³/mol. The summed E-state index contributed by atoms with van der Waals surface area (Å²) in [5.41, 5.74) is 0. The zero-order chi connectivity index (χ0) is 18.6. The molecule has 0 fully saturated rings. The SMILES string of the molecule is COC(=O)[C@H](CC(C)C)N[P+](=O)Oc1c(F)c(F)c(F)c(F)c1F. The van der Waals surface area contributed by atoms with Crippen molar-refractivity contribution >= 4 is 14.1 Å². The maximum Gasteiger partial charge on any atom is 0.664 e. The number of carbonyl (C=O) groups excluding carboxylic acids is 1. The Morgan fingerprint density at radius 2 is 1.50 bits per heavy atom. The second-order valence-electron chi connectivity index (χ2n) is 5.08. The molecule has 2 atom stereocenters. The molecule has 0 amide bonds. The molecule has 1 aromatic carbocycles. The lowest BCUT2D eigenvalue weighted by Gasteiger charge is -2.12. The molecule has 1 N–H and O–H groups in total. The quantitative estimate of drug-likeness (QED) is 0.260. The molecule has 1 aromatic rings. The smallest absolute Gasteiger partial charge is 0.468 e. The molecule has 0 saturated heterocycles. The number of methoxy groups -OCH3 is 1. The third-order valence-corrected chi connectivity index (χ3v) is 3.67. The summed E-state index contributed by atoms with van der Waals surface area (Å²) in [6.45, 7) is 3.46. The van der Waals surface area contributed by atoms with E-state index in [1.165, 1.54) is 0 Å². The van der Waals surface area contributed by atoms with E-state index in [0.29, 0.717) is 0 Å². The second kappa shape index (κ2) is 8.34. The second-order valence-corrected chi connectivity index (χ2v) is 6.04. The van der Waals surface area contributed by atoms with Crippen LogP contribution in [0.1, 0.15) is 20.3 Å². The molecule has 0 aliphatic carbocycles. The minimum absolute atomic E-state index is 0.0563. The van der Waals surface area contributed by atoms with Crippen molar-refractivity contribution in [3.05, 3.63) is 29.1 Å². The van der Waals surface area contributed by atoms with Gasteiger partial charge in [-0.1, -0.05) is 18.9 Å². The van der Waals surface area contributed by atoms with E-state index in [4.69, 9.17) is 0 Å². The lowest BCUT2D eigenvalue weighted by molar-refractivity contribution is -0.143. The van der Waals surface area contributed by atoms with E-state index < -0.39 is 55.0 Å². The van der Waals surface area contributed by atoms with Crippen LogP contribution in [0.5, 0.6) is 5.75 Å². The summed E-state index contributed by atoms with van der Waals surface area (Å²) in [5, 5.41) is 2.10. The molecule has 11 heteroatoms. The van der Waals surface area contributed by atoms with E-state index in [0.717, 1.165) is 7.11 Å². The van der Waals surface area contributed by atoms with Crippen molar-refractivity contribution in [2.45, 2.75) is 26.3 Å². The largest absolute Gasteiger partial charge is 0.664 e. The fourth-order valence-electron chi connectivity index (χ4n) is 1.72. The van der Waals surface area contributed by atoms with Crippen LogP contribution in [0.2, 0.25) is 0 Å². The fourth-order valence-corrected chi connectivity index (χ4v) is 2.56. The number of rotatable bonds is 7. The first kappa shape index (κ1) is 20.2. The molecule has 0 aromatic heterocycles. The van der Waals surface area contributed by atoms with Crippen molar-refractivity contribution in [3.8, 4) is 5.75 Å². The monoisotopic (exact) mass is 374 g/mol. The maximum absolute atomic E-state index is 13.4. The number of hydrogen-bond donors (Lipinski definition) is 1. The van der Waals surface area contributed by atoms with Crippen molar-refractivity contribution in [2.75, 3.05) is 7.11 Å². The summed E-state index contributed by atoms with van der Waals surface area (Å²) in [7, 11) is -2.10. The number of halogens is 5. The summed E-state index contributed by atoms with van der Waals surface area (Å²) in [4.78, 5) is 11.5. The van der Waals surface area contributed by atoms with E-state index in [2.05, 4.69) is 14.3 Å². The molecule has 24 heavy (non-hydrogen) atoms. The van der Waals surface area contributed by atoms with Crippen molar-refractivity contribution in [1.29, 1.82) is 0 Å². The number of nitrogens with one attached hydrogen (secondary N) is 1. The third-order valence-electron chi connectivity index (χ3n) is 2.80. The van der Waals surface area contributed by atoms with Gasteiger partial charge in [-0.25, -0.2) is 17.7 Å². The lowest BCUT2D eigenvalue weighted by atomic mass is 10.1. The first-order valence-corrected chi connectivity index (χ1v) is 7.78. The van der Waals surface area contributed by atoms with Crippen LogP contribution in [0.25, 0.3) is 0 Å². The Hall–Kier alpha value is -1.80. The van der Waals surface area contributed by atoms with Gasteiger partial charge < -0.3 is 4.74 Å². The standard InChI is InChI=1S/C13H14F5NO4P/c1-5(2)4-6(13(20)22-3)19-24(21)23-12-10(17)8(15)7(14)9(16)11(12)18/h5-6H,4H2,1-3H3,(H,19,21)/q+1/t6-/m0/s1. The minimum Gasteiger partial charge on any atom is -0.468 e. The van der Waals surface area contributed by atoms with Gasteiger partial charge in [0.15, 0.2) is 6.04 Å². The van der Waals surface area contributed by atoms with E-state index in [1.807, 2.05) is 0 Å². The highest BCUT2D eigenvalue weighted by Gasteiger charge is 2.37. The molecular formula is C13H14F5NO4P+. The Morgan fingerprint density at radius 3 is 1.92 bits per heavy atom. The first-order valence-electron chi connectivity index (χ1n) is 6.60. The van der Waals surface area contributed by atoms with Crippen LogP contribution in [-0.2, 0) is 14.1 Å². The van der Waals surface area contributed by atoms with Gasteiger partial charge in [0.2, 0.25) is 29.1 Å². The Bertz CT molecular complexity index is 627. The van der Waals surface area contributed by atoms with Gasteiger partial charge in [0, 0.05) is 4.57 Å². The Kier molecular flexibility index (Phi) is 7.04. The molecule has 134 valence electrons. The molecule has 0 aliphatic heterocycles. The molecule has 0 bridgehead atoms. The topological polar surface area (TPSA) is 64.6 Å². The maximum atomic E-state index is 13.4. The lowest BCUT2D eigenvalue weighted by Crippen LogP contribution is -2.35. The van der Waals surface area contributed by atoms with E-state index >= 15 is 0 Å². The van der Waals surface area contributed by atoms with E-state index in [-0.39, 0.29) is 12.3 Å². The summed E-state index contributed by atoms with van der Waals surface area (Å²) in [6, 6.07) is -1.15. The number of ether oxygens (including phenoxy) is 1. The zero-order valence-electron chi connectivity index (χ0n) is 12.8. The van der Waals surface area contributed by atoms with Crippen LogP contribution in [0.3, 0.4) is 0 Å². The normalized spacial score (nSPS) is 13.0. The first-order chi connectivity index (χ1) is 11.1. The van der Waals surface area contributed by atoms with Gasteiger partial charge in [-0.05, 0) is 12.3 Å². The molecule has 0 heterocycles. The zero-order valence-corrected chi connectivity index (χ0v) is 13.7. The van der Waals surface area contributed by atoms with E-state index in [1.54, 1.807) is 13.8 Å². The van der Waals surface area contributed by atoms with Crippen molar-refractivity contribution in [3.63, 3.8) is 0 Å². The highest BCUT2D eigenvalue weighted by Crippen LogP contribution is 2.34. The highest BCUT2D eigenvalue weighted by atomic mass is 31.1. The molecule has 0 radical (unpaired) electrons. The van der Waals surface area contributed by atoms with Gasteiger partial charge in [0.25, 0.3) is 5.75 Å². The Balaban J connectivity index is 3.01. The van der Waals surface area contributed by atoms with Crippen molar-refractivity contribution in [1.82, 2.24) is 5.09 Å². The minimum atomic E-state index is -3.17. The van der Waals surface area contributed by atoms with Crippen LogP contribution in [0.4, 0.5) is 22.0 Å². The van der Waals surface area contributed by atoms with Gasteiger partial charge in [0.1, 0.15) is 0 Å². The van der Waals surface area contributed by atoms with Crippen molar-refractivity contribution in [2.24, 2.45) is 5.92 Å². The Labute approximate surface area is 135 Å². The van der Waals surface area contributed by atoms with Gasteiger partial charge in [-0.3, -0.25) is 4.79 Å². The third kappa shape index (κ3) is 4.61. The molecular weight excluding hydrogens is 360 g/mol. The van der Waals surface area contributed by atoms with Crippen molar-refractivity contribution < 1.29 is 40.6 Å². The number of esters is 1. The molecule has 0 aliphatic rings. The number of benzene rings is 1. The van der Waals surface area contributed by atoms with E-state index in [9.17, 15) is 31.3 Å².